The van der Waals surface area contributed by atoms with Crippen LogP contribution in [0.15, 0.2) is 28.8 Å². The molecule has 0 aliphatic carbocycles. The normalized spacial score (nSPS) is 15.4. The van der Waals surface area contributed by atoms with Crippen LogP contribution in [0.4, 0.5) is 0 Å². The molecule has 1 aliphatic heterocycles. The molecule has 0 saturated heterocycles. The van der Waals surface area contributed by atoms with Crippen molar-refractivity contribution in [1.29, 1.82) is 0 Å². The van der Waals surface area contributed by atoms with Crippen LogP contribution in [0.3, 0.4) is 0 Å². The van der Waals surface area contributed by atoms with E-state index in [-0.39, 0.29) is 0 Å². The van der Waals surface area contributed by atoms with Crippen LogP contribution < -0.4 is 10.5 Å². The number of fused-ring (bicyclic) bond motifs is 1. The van der Waals surface area contributed by atoms with Crippen LogP contribution in [0, 0.1) is 11.8 Å². The maximum Gasteiger partial charge on any atom is 0.134 e. The zero-order chi connectivity index (χ0) is 13.0. The van der Waals surface area contributed by atoms with Crippen LogP contribution in [0.5, 0.6) is 5.75 Å². The number of ether oxygens (including phenoxy) is 1. The lowest BCUT2D eigenvalue weighted by molar-refractivity contribution is 0.290. The Kier molecular flexibility index (Phi) is 4.11. The number of hydrogen-bond donors (Lipinski definition) is 1. The van der Waals surface area contributed by atoms with Crippen molar-refractivity contribution < 1.29 is 4.74 Å². The fourth-order valence-electron chi connectivity index (χ4n) is 1.83. The van der Waals surface area contributed by atoms with Gasteiger partial charge >= 0.3 is 0 Å². The van der Waals surface area contributed by atoms with Crippen molar-refractivity contribution >= 4 is 11.3 Å². The van der Waals surface area contributed by atoms with Crippen LogP contribution in [-0.4, -0.2) is 6.61 Å². The third kappa shape index (κ3) is 2.96. The maximum absolute atomic E-state index is 5.66. The number of nitrogens with two attached hydrogens (primary N) is 1. The molecule has 0 aromatic carbocycles. The molecule has 94 valence electrons. The van der Waals surface area contributed by atoms with E-state index >= 15 is 0 Å². The quantitative estimate of drug-likeness (QED) is 0.621. The molecule has 0 spiro atoms. The van der Waals surface area contributed by atoms with E-state index in [1.165, 1.54) is 5.56 Å². The minimum Gasteiger partial charge on any atom is -0.492 e. The summed E-state index contributed by atoms with van der Waals surface area (Å²) in [5.74, 6) is 7.41. The van der Waals surface area contributed by atoms with Crippen LogP contribution in [-0.2, 0) is 6.42 Å². The van der Waals surface area contributed by atoms with E-state index < -0.39 is 0 Å². The zero-order valence-corrected chi connectivity index (χ0v) is 11.6. The molecule has 0 atom stereocenters. The molecule has 1 aliphatic rings. The summed E-state index contributed by atoms with van der Waals surface area (Å²) < 4.78 is 5.60. The van der Waals surface area contributed by atoms with Crippen molar-refractivity contribution in [3.63, 3.8) is 0 Å². The molecule has 2 N–H and O–H groups in total. The van der Waals surface area contributed by atoms with Crippen LogP contribution in [0.1, 0.15) is 30.7 Å². The Bertz CT molecular complexity index is 551. The Labute approximate surface area is 112 Å². The molecule has 0 saturated carbocycles. The summed E-state index contributed by atoms with van der Waals surface area (Å²) in [5, 5.41) is 2.05. The number of allylic oxidation sites excluding steroid dienone is 4. The minimum atomic E-state index is 0.772. The minimum absolute atomic E-state index is 0.772. The largest absolute Gasteiger partial charge is 0.492 e. The first-order valence-electron chi connectivity index (χ1n) is 6.06. The van der Waals surface area contributed by atoms with Crippen molar-refractivity contribution in [3.8, 4) is 17.6 Å². The van der Waals surface area contributed by atoms with Gasteiger partial charge in [0, 0.05) is 22.2 Å². The monoisotopic (exact) mass is 259 g/mol. The molecule has 0 unspecified atom stereocenters. The molecular weight excluding hydrogens is 242 g/mol. The van der Waals surface area contributed by atoms with Gasteiger partial charge in [0.2, 0.25) is 0 Å². The predicted molar refractivity (Wildman–Crippen MR) is 76.7 cm³/mol. The van der Waals surface area contributed by atoms with Gasteiger partial charge in [-0.3, -0.25) is 0 Å². The lowest BCUT2D eigenvalue weighted by Crippen LogP contribution is -2.06. The van der Waals surface area contributed by atoms with Crippen LogP contribution >= 0.6 is 11.3 Å². The summed E-state index contributed by atoms with van der Waals surface area (Å²) in [4.78, 5) is 1.12. The molecule has 2 nitrogen and oxygen atoms in total. The van der Waals surface area contributed by atoms with Crippen molar-refractivity contribution in [2.24, 2.45) is 5.73 Å². The molecule has 0 amide bonds. The second-order valence-electron chi connectivity index (χ2n) is 4.24. The zero-order valence-electron chi connectivity index (χ0n) is 10.7. The third-order valence-electron chi connectivity index (χ3n) is 2.70. The molecule has 0 bridgehead atoms. The average Bonchev–Trinajstić information content (AvgIpc) is 2.77. The average molecular weight is 259 g/mol. The van der Waals surface area contributed by atoms with Gasteiger partial charge in [0.1, 0.15) is 5.75 Å². The van der Waals surface area contributed by atoms with Crippen molar-refractivity contribution in [1.82, 2.24) is 0 Å². The molecular formula is C15H17NOS. The summed E-state index contributed by atoms with van der Waals surface area (Å²) >= 11 is 1.66. The van der Waals surface area contributed by atoms with E-state index in [0.29, 0.717) is 0 Å². The Hall–Kier alpha value is -1.66. The van der Waals surface area contributed by atoms with Gasteiger partial charge in [-0.2, -0.15) is 0 Å². The van der Waals surface area contributed by atoms with Crippen molar-refractivity contribution in [2.75, 3.05) is 6.61 Å². The SMILES string of the molecule is C/C=C(C#Cc1scc2c1CCCO2)\C=C(\C)N. The fraction of sp³-hybridized carbons (Fsp3) is 0.333. The second-order valence-corrected chi connectivity index (χ2v) is 5.12. The van der Waals surface area contributed by atoms with Gasteiger partial charge < -0.3 is 10.5 Å². The highest BCUT2D eigenvalue weighted by Crippen LogP contribution is 2.32. The highest BCUT2D eigenvalue weighted by Gasteiger charge is 2.15. The molecule has 1 aromatic rings. The first-order chi connectivity index (χ1) is 8.70. The van der Waals surface area contributed by atoms with Gasteiger partial charge in [0.15, 0.2) is 0 Å². The molecule has 0 radical (unpaired) electrons. The molecule has 2 heterocycles. The van der Waals surface area contributed by atoms with Gasteiger partial charge in [0.25, 0.3) is 0 Å². The Morgan fingerprint density at radius 1 is 1.56 bits per heavy atom. The van der Waals surface area contributed by atoms with Crippen LogP contribution in [0.25, 0.3) is 0 Å². The Balaban J connectivity index is 2.25. The highest BCUT2D eigenvalue weighted by molar-refractivity contribution is 7.11. The Morgan fingerprint density at radius 3 is 3.11 bits per heavy atom. The number of rotatable bonds is 1. The first-order valence-corrected chi connectivity index (χ1v) is 6.94. The maximum atomic E-state index is 5.66. The summed E-state index contributed by atoms with van der Waals surface area (Å²) in [6.07, 6.45) is 6.01. The van der Waals surface area contributed by atoms with Crippen LogP contribution in [0.2, 0.25) is 0 Å². The summed E-state index contributed by atoms with van der Waals surface area (Å²) in [6, 6.07) is 0. The van der Waals surface area contributed by atoms with Gasteiger partial charge in [-0.05, 0) is 32.8 Å². The third-order valence-corrected chi connectivity index (χ3v) is 3.61. The second kappa shape index (κ2) is 5.79. The van der Waals surface area contributed by atoms with E-state index in [2.05, 4.69) is 17.2 Å². The first kappa shape index (κ1) is 12.8. The Morgan fingerprint density at radius 2 is 2.39 bits per heavy atom. The van der Waals surface area contributed by atoms with Gasteiger partial charge in [-0.25, -0.2) is 0 Å². The lowest BCUT2D eigenvalue weighted by atomic mass is 10.1. The molecule has 18 heavy (non-hydrogen) atoms. The van der Waals surface area contributed by atoms with Crippen molar-refractivity contribution in [2.45, 2.75) is 26.7 Å². The standard InChI is InChI=1S/C15H17NOS/c1-3-12(9-11(2)16)6-7-15-13-5-4-8-17-14(13)10-18-15/h3,9-10H,4-5,8,16H2,1-2H3/b11-9-,12-3-. The van der Waals surface area contributed by atoms with E-state index in [4.69, 9.17) is 10.5 Å². The summed E-state index contributed by atoms with van der Waals surface area (Å²) in [5.41, 5.74) is 8.65. The van der Waals surface area contributed by atoms with E-state index in [1.54, 1.807) is 11.3 Å². The van der Waals surface area contributed by atoms with Gasteiger partial charge in [-0.15, -0.1) is 11.3 Å². The van der Waals surface area contributed by atoms with Crippen molar-refractivity contribution in [3.05, 3.63) is 39.2 Å². The number of thiophene rings is 1. The summed E-state index contributed by atoms with van der Waals surface area (Å²) in [6.45, 7) is 4.66. The smallest absolute Gasteiger partial charge is 0.134 e. The fourth-order valence-corrected chi connectivity index (χ4v) is 2.72. The van der Waals surface area contributed by atoms with E-state index in [1.807, 2.05) is 26.0 Å². The highest BCUT2D eigenvalue weighted by atomic mass is 32.1. The van der Waals surface area contributed by atoms with Gasteiger partial charge in [-0.1, -0.05) is 17.9 Å². The topological polar surface area (TPSA) is 35.2 Å². The molecule has 1 aromatic heterocycles. The van der Waals surface area contributed by atoms with E-state index in [9.17, 15) is 0 Å². The lowest BCUT2D eigenvalue weighted by Gasteiger charge is -2.12. The van der Waals surface area contributed by atoms with Gasteiger partial charge in [0.05, 0.1) is 11.5 Å². The molecule has 3 heteroatoms. The van der Waals surface area contributed by atoms with E-state index in [0.717, 1.165) is 41.3 Å². The molecule has 2 rings (SSSR count). The summed E-state index contributed by atoms with van der Waals surface area (Å²) in [7, 11) is 0. The number of hydrogen-bond acceptors (Lipinski definition) is 3. The predicted octanol–water partition coefficient (Wildman–Crippen LogP) is 3.23. The molecule has 0 fully saturated rings.